The van der Waals surface area contributed by atoms with Crippen molar-refractivity contribution in [2.45, 2.75) is 25.2 Å². The first-order valence-corrected chi connectivity index (χ1v) is 7.20. The molecule has 2 fully saturated rings. The molecule has 0 N–H and O–H groups in total. The number of ketones is 1. The Kier molecular flexibility index (Phi) is 2.67. The van der Waals surface area contributed by atoms with E-state index in [2.05, 4.69) is 5.10 Å². The zero-order valence-corrected chi connectivity index (χ0v) is 11.5. The molecule has 5 nitrogen and oxygen atoms in total. The van der Waals surface area contributed by atoms with Gasteiger partial charge in [0.25, 0.3) is 0 Å². The molecule has 0 spiro atoms. The van der Waals surface area contributed by atoms with Crippen molar-refractivity contribution >= 4 is 17.5 Å². The summed E-state index contributed by atoms with van der Waals surface area (Å²) in [6, 6.07) is 11.7. The maximum Gasteiger partial charge on any atom is 0.236 e. The van der Waals surface area contributed by atoms with Gasteiger partial charge in [-0.25, -0.2) is 4.68 Å². The number of nitrogens with zero attached hydrogens (tertiary/aromatic N) is 3. The summed E-state index contributed by atoms with van der Waals surface area (Å²) in [4.78, 5) is 25.1. The molecular weight excluding hydrogens is 266 g/mol. The van der Waals surface area contributed by atoms with Gasteiger partial charge in [0, 0.05) is 12.0 Å². The molecule has 0 unspecified atom stereocenters. The van der Waals surface area contributed by atoms with Gasteiger partial charge in [0.1, 0.15) is 5.82 Å². The molecule has 0 radical (unpaired) electrons. The molecule has 1 saturated carbocycles. The lowest BCUT2D eigenvalue weighted by molar-refractivity contribution is -0.121. The van der Waals surface area contributed by atoms with E-state index in [1.807, 2.05) is 36.4 Å². The second kappa shape index (κ2) is 4.55. The van der Waals surface area contributed by atoms with Gasteiger partial charge in [-0.05, 0) is 25.0 Å². The van der Waals surface area contributed by atoms with Gasteiger partial charge in [-0.15, -0.1) is 0 Å². The standard InChI is InChI=1S/C16H15N3O2/c20-13-8-16(21)18(10-13)15-9-14(11-6-7-11)17-19(15)12-4-2-1-3-5-12/h1-5,9,11H,6-8,10H2. The quantitative estimate of drug-likeness (QED) is 0.809. The summed E-state index contributed by atoms with van der Waals surface area (Å²) in [6.07, 6.45) is 2.30. The average Bonchev–Trinajstić information content (AvgIpc) is 3.16. The van der Waals surface area contributed by atoms with Crippen molar-refractivity contribution < 1.29 is 9.59 Å². The molecule has 0 bridgehead atoms. The van der Waals surface area contributed by atoms with Crippen LogP contribution < -0.4 is 4.90 Å². The van der Waals surface area contributed by atoms with Crippen LogP contribution in [0.5, 0.6) is 0 Å². The van der Waals surface area contributed by atoms with Crippen molar-refractivity contribution in [1.29, 1.82) is 0 Å². The van der Waals surface area contributed by atoms with E-state index in [-0.39, 0.29) is 24.7 Å². The minimum atomic E-state index is -0.139. The van der Waals surface area contributed by atoms with Crippen molar-refractivity contribution in [2.75, 3.05) is 11.4 Å². The maximum absolute atomic E-state index is 12.0. The summed E-state index contributed by atoms with van der Waals surface area (Å²) in [5, 5.41) is 4.66. The fourth-order valence-corrected chi connectivity index (χ4v) is 2.71. The van der Waals surface area contributed by atoms with E-state index < -0.39 is 0 Å². The number of anilines is 1. The summed E-state index contributed by atoms with van der Waals surface area (Å²) in [5.41, 5.74) is 1.92. The third-order valence-corrected chi connectivity index (χ3v) is 3.97. The minimum Gasteiger partial charge on any atom is -0.297 e. The van der Waals surface area contributed by atoms with Crippen LogP contribution in [0.25, 0.3) is 5.69 Å². The summed E-state index contributed by atoms with van der Waals surface area (Å²) in [7, 11) is 0. The van der Waals surface area contributed by atoms with Crippen molar-refractivity contribution in [3.8, 4) is 5.69 Å². The van der Waals surface area contributed by atoms with Crippen LogP contribution in [-0.2, 0) is 9.59 Å². The van der Waals surface area contributed by atoms with Crippen LogP contribution in [0.3, 0.4) is 0 Å². The van der Waals surface area contributed by atoms with E-state index in [0.717, 1.165) is 24.2 Å². The number of rotatable bonds is 3. The molecule has 1 aromatic carbocycles. The number of carbonyl (C=O) groups is 2. The molecule has 4 rings (SSSR count). The van der Waals surface area contributed by atoms with Gasteiger partial charge < -0.3 is 0 Å². The molecule has 1 saturated heterocycles. The Bertz CT molecular complexity index is 716. The zero-order valence-electron chi connectivity index (χ0n) is 11.5. The van der Waals surface area contributed by atoms with E-state index in [1.165, 1.54) is 0 Å². The van der Waals surface area contributed by atoms with Crippen molar-refractivity contribution in [3.05, 3.63) is 42.1 Å². The fourth-order valence-electron chi connectivity index (χ4n) is 2.71. The number of benzene rings is 1. The van der Waals surface area contributed by atoms with Gasteiger partial charge in [-0.2, -0.15) is 5.10 Å². The number of hydrogen-bond acceptors (Lipinski definition) is 3. The lowest BCUT2D eigenvalue weighted by atomic mass is 10.3. The Morgan fingerprint density at radius 1 is 1.10 bits per heavy atom. The Balaban J connectivity index is 1.81. The molecule has 21 heavy (non-hydrogen) atoms. The number of aromatic nitrogens is 2. The summed E-state index contributed by atoms with van der Waals surface area (Å²) in [6.45, 7) is 0.154. The number of Topliss-reactive ketones (excluding diaryl/α,β-unsaturated/α-hetero) is 1. The van der Waals surface area contributed by atoms with Gasteiger partial charge in [-0.1, -0.05) is 18.2 Å². The molecular formula is C16H15N3O2. The summed E-state index contributed by atoms with van der Waals surface area (Å²) in [5.74, 6) is 1.04. The number of amides is 1. The normalized spacial score (nSPS) is 18.6. The molecule has 0 atom stereocenters. The highest BCUT2D eigenvalue weighted by Gasteiger charge is 2.34. The molecule has 1 amide bonds. The van der Waals surface area contributed by atoms with Gasteiger partial charge in [-0.3, -0.25) is 14.5 Å². The molecule has 106 valence electrons. The first kappa shape index (κ1) is 12.3. The van der Waals surface area contributed by atoms with Crippen LogP contribution in [0.15, 0.2) is 36.4 Å². The maximum atomic E-state index is 12.0. The first-order valence-electron chi connectivity index (χ1n) is 7.20. The topological polar surface area (TPSA) is 55.2 Å². The lowest BCUT2D eigenvalue weighted by Gasteiger charge is -2.16. The predicted molar refractivity (Wildman–Crippen MR) is 77.5 cm³/mol. The number of carbonyl (C=O) groups excluding carboxylic acids is 2. The molecule has 2 heterocycles. The third-order valence-electron chi connectivity index (χ3n) is 3.97. The van der Waals surface area contributed by atoms with E-state index in [0.29, 0.717) is 11.7 Å². The minimum absolute atomic E-state index is 0.00126. The van der Waals surface area contributed by atoms with Crippen LogP contribution in [0.2, 0.25) is 0 Å². The monoisotopic (exact) mass is 281 g/mol. The van der Waals surface area contributed by atoms with Crippen LogP contribution in [0, 0.1) is 0 Å². The zero-order chi connectivity index (χ0) is 14.4. The highest BCUT2D eigenvalue weighted by Crippen LogP contribution is 2.41. The summed E-state index contributed by atoms with van der Waals surface area (Å²) < 4.78 is 1.78. The molecule has 1 aliphatic carbocycles. The van der Waals surface area contributed by atoms with E-state index in [9.17, 15) is 9.59 Å². The molecule has 2 aliphatic rings. The van der Waals surface area contributed by atoms with Crippen molar-refractivity contribution in [2.24, 2.45) is 0 Å². The summed E-state index contributed by atoms with van der Waals surface area (Å²) >= 11 is 0. The Morgan fingerprint density at radius 2 is 1.86 bits per heavy atom. The predicted octanol–water partition coefficient (Wildman–Crippen LogP) is 2.06. The smallest absolute Gasteiger partial charge is 0.236 e. The van der Waals surface area contributed by atoms with E-state index in [4.69, 9.17) is 0 Å². The van der Waals surface area contributed by atoms with Gasteiger partial charge in [0.2, 0.25) is 5.91 Å². The average molecular weight is 281 g/mol. The highest BCUT2D eigenvalue weighted by molar-refractivity contribution is 6.14. The van der Waals surface area contributed by atoms with Gasteiger partial charge in [0.05, 0.1) is 24.3 Å². The Hall–Kier alpha value is -2.43. The molecule has 1 aliphatic heterocycles. The van der Waals surface area contributed by atoms with Gasteiger partial charge >= 0.3 is 0 Å². The van der Waals surface area contributed by atoms with Crippen LogP contribution in [0.4, 0.5) is 5.82 Å². The number of para-hydroxylation sites is 1. The van der Waals surface area contributed by atoms with Crippen LogP contribution in [0.1, 0.15) is 30.9 Å². The largest absolute Gasteiger partial charge is 0.297 e. The lowest BCUT2D eigenvalue weighted by Crippen LogP contribution is -2.27. The van der Waals surface area contributed by atoms with E-state index >= 15 is 0 Å². The Morgan fingerprint density at radius 3 is 2.48 bits per heavy atom. The second-order valence-corrected chi connectivity index (χ2v) is 5.64. The first-order chi connectivity index (χ1) is 10.2. The van der Waals surface area contributed by atoms with Crippen LogP contribution in [-0.4, -0.2) is 28.0 Å². The fraction of sp³-hybridized carbons (Fsp3) is 0.312. The third kappa shape index (κ3) is 2.14. The molecule has 2 aromatic rings. The Labute approximate surface area is 122 Å². The van der Waals surface area contributed by atoms with Gasteiger partial charge in [0.15, 0.2) is 5.78 Å². The van der Waals surface area contributed by atoms with Crippen molar-refractivity contribution in [1.82, 2.24) is 9.78 Å². The second-order valence-electron chi connectivity index (χ2n) is 5.64. The van der Waals surface area contributed by atoms with E-state index in [1.54, 1.807) is 9.58 Å². The van der Waals surface area contributed by atoms with Crippen LogP contribution >= 0.6 is 0 Å². The number of hydrogen-bond donors (Lipinski definition) is 0. The van der Waals surface area contributed by atoms with Crippen molar-refractivity contribution in [3.63, 3.8) is 0 Å². The molecule has 1 aromatic heterocycles. The molecule has 5 heteroatoms. The SMILES string of the molecule is O=C1CC(=O)N(c2cc(C3CC3)nn2-c2ccccc2)C1. The highest BCUT2D eigenvalue weighted by atomic mass is 16.2.